The number of nitriles is 1. The van der Waals surface area contributed by atoms with Gasteiger partial charge in [0.25, 0.3) is 0 Å². The standard InChI is InChI=1S/C17H16FN3O4S/c1-21(11-17(22)20-14-5-3-4-12(8-14)10-19)26(23,24)16-9-13(18)6-7-15(16)25-2/h3-9H,11H2,1-2H3,(H,20,22). The van der Waals surface area contributed by atoms with Gasteiger partial charge in [-0.05, 0) is 36.4 Å². The summed E-state index contributed by atoms with van der Waals surface area (Å²) in [6.07, 6.45) is 0. The van der Waals surface area contributed by atoms with Crippen LogP contribution < -0.4 is 10.1 Å². The summed E-state index contributed by atoms with van der Waals surface area (Å²) in [5.41, 5.74) is 0.719. The van der Waals surface area contributed by atoms with Crippen molar-refractivity contribution < 1.29 is 22.3 Å². The number of hydrogen-bond donors (Lipinski definition) is 1. The summed E-state index contributed by atoms with van der Waals surface area (Å²) in [6.45, 7) is -0.501. The first-order valence-electron chi connectivity index (χ1n) is 7.38. The molecule has 26 heavy (non-hydrogen) atoms. The molecule has 1 amide bonds. The molecule has 2 aromatic carbocycles. The van der Waals surface area contributed by atoms with Gasteiger partial charge in [0, 0.05) is 12.7 Å². The monoisotopic (exact) mass is 377 g/mol. The Morgan fingerprint density at radius 2 is 2.04 bits per heavy atom. The Labute approximate surface area is 150 Å². The molecule has 0 saturated carbocycles. The molecule has 0 heterocycles. The number of methoxy groups -OCH3 is 1. The number of ether oxygens (including phenoxy) is 1. The highest BCUT2D eigenvalue weighted by Crippen LogP contribution is 2.26. The Morgan fingerprint density at radius 1 is 1.31 bits per heavy atom. The fourth-order valence-corrected chi connectivity index (χ4v) is 3.46. The highest BCUT2D eigenvalue weighted by atomic mass is 32.2. The molecule has 0 spiro atoms. The van der Waals surface area contributed by atoms with Crippen LogP contribution in [0.2, 0.25) is 0 Å². The van der Waals surface area contributed by atoms with Gasteiger partial charge in [0.2, 0.25) is 15.9 Å². The van der Waals surface area contributed by atoms with E-state index in [1.807, 2.05) is 6.07 Å². The van der Waals surface area contributed by atoms with Gasteiger partial charge >= 0.3 is 0 Å². The van der Waals surface area contributed by atoms with Crippen LogP contribution in [0.3, 0.4) is 0 Å². The number of hydrogen-bond acceptors (Lipinski definition) is 5. The quantitative estimate of drug-likeness (QED) is 0.830. The molecule has 0 atom stereocenters. The summed E-state index contributed by atoms with van der Waals surface area (Å²) < 4.78 is 44.4. The Balaban J connectivity index is 2.17. The van der Waals surface area contributed by atoms with Gasteiger partial charge in [0.05, 0.1) is 25.3 Å². The molecule has 0 saturated heterocycles. The predicted molar refractivity (Wildman–Crippen MR) is 92.6 cm³/mol. The van der Waals surface area contributed by atoms with Crippen LogP contribution in [-0.2, 0) is 14.8 Å². The fraction of sp³-hybridized carbons (Fsp3) is 0.176. The van der Waals surface area contributed by atoms with Gasteiger partial charge < -0.3 is 10.1 Å². The third kappa shape index (κ3) is 4.36. The molecular formula is C17H16FN3O4S. The zero-order valence-corrected chi connectivity index (χ0v) is 14.9. The fourth-order valence-electron chi connectivity index (χ4n) is 2.17. The van der Waals surface area contributed by atoms with Crippen molar-refractivity contribution in [3.8, 4) is 11.8 Å². The average Bonchev–Trinajstić information content (AvgIpc) is 2.61. The maximum atomic E-state index is 13.5. The molecule has 1 N–H and O–H groups in total. The van der Waals surface area contributed by atoms with Crippen molar-refractivity contribution in [2.75, 3.05) is 26.0 Å². The van der Waals surface area contributed by atoms with E-state index in [0.717, 1.165) is 16.4 Å². The largest absolute Gasteiger partial charge is 0.495 e. The molecule has 2 rings (SSSR count). The first-order chi connectivity index (χ1) is 12.3. The van der Waals surface area contributed by atoms with E-state index >= 15 is 0 Å². The van der Waals surface area contributed by atoms with E-state index in [-0.39, 0.29) is 10.6 Å². The van der Waals surface area contributed by atoms with E-state index in [0.29, 0.717) is 11.3 Å². The molecule has 0 aliphatic carbocycles. The molecule has 0 unspecified atom stereocenters. The van der Waals surface area contributed by atoms with Crippen LogP contribution in [0.5, 0.6) is 5.75 Å². The predicted octanol–water partition coefficient (Wildman–Crippen LogP) is 1.97. The number of nitrogens with one attached hydrogen (secondary N) is 1. The molecule has 0 radical (unpaired) electrons. The molecule has 136 valence electrons. The Hall–Kier alpha value is -2.96. The summed E-state index contributed by atoms with van der Waals surface area (Å²) in [5, 5.41) is 11.4. The van der Waals surface area contributed by atoms with E-state index in [1.165, 1.54) is 26.3 Å². The summed E-state index contributed by atoms with van der Waals surface area (Å²) in [6, 6.07) is 11.2. The Kier molecular flexibility index (Phi) is 5.92. The summed E-state index contributed by atoms with van der Waals surface area (Å²) in [7, 11) is -1.68. The van der Waals surface area contributed by atoms with E-state index in [2.05, 4.69) is 5.32 Å². The lowest BCUT2D eigenvalue weighted by Crippen LogP contribution is -2.35. The summed E-state index contributed by atoms with van der Waals surface area (Å²) in [5.74, 6) is -1.38. The van der Waals surface area contributed by atoms with Crippen molar-refractivity contribution >= 4 is 21.6 Å². The Morgan fingerprint density at radius 3 is 2.69 bits per heavy atom. The van der Waals surface area contributed by atoms with Crippen LogP contribution in [-0.4, -0.2) is 39.3 Å². The van der Waals surface area contributed by atoms with Crippen LogP contribution in [0.25, 0.3) is 0 Å². The third-order valence-electron chi connectivity index (χ3n) is 3.46. The van der Waals surface area contributed by atoms with Crippen LogP contribution in [0.4, 0.5) is 10.1 Å². The second-order valence-electron chi connectivity index (χ2n) is 5.30. The molecule has 0 bridgehead atoms. The first-order valence-corrected chi connectivity index (χ1v) is 8.82. The van der Waals surface area contributed by atoms with Gasteiger partial charge in [-0.1, -0.05) is 6.07 Å². The van der Waals surface area contributed by atoms with Crippen LogP contribution >= 0.6 is 0 Å². The minimum atomic E-state index is -4.15. The highest BCUT2D eigenvalue weighted by molar-refractivity contribution is 7.89. The van der Waals surface area contributed by atoms with E-state index in [9.17, 15) is 17.6 Å². The van der Waals surface area contributed by atoms with Crippen molar-refractivity contribution in [2.45, 2.75) is 4.90 Å². The summed E-state index contributed by atoms with van der Waals surface area (Å²) >= 11 is 0. The van der Waals surface area contributed by atoms with E-state index in [1.54, 1.807) is 18.2 Å². The Bertz CT molecular complexity index is 970. The molecule has 7 nitrogen and oxygen atoms in total. The third-order valence-corrected chi connectivity index (χ3v) is 5.28. The lowest BCUT2D eigenvalue weighted by atomic mass is 10.2. The second-order valence-corrected chi connectivity index (χ2v) is 7.31. The lowest BCUT2D eigenvalue weighted by Gasteiger charge is -2.18. The molecule has 0 aliphatic rings. The van der Waals surface area contributed by atoms with Crippen LogP contribution in [0.15, 0.2) is 47.4 Å². The van der Waals surface area contributed by atoms with E-state index < -0.39 is 28.3 Å². The zero-order valence-electron chi connectivity index (χ0n) is 14.1. The topological polar surface area (TPSA) is 99.5 Å². The number of amides is 1. The maximum Gasteiger partial charge on any atom is 0.247 e. The van der Waals surface area contributed by atoms with Crippen molar-refractivity contribution in [1.82, 2.24) is 4.31 Å². The second kappa shape index (κ2) is 7.95. The van der Waals surface area contributed by atoms with Crippen molar-refractivity contribution in [1.29, 1.82) is 5.26 Å². The first kappa shape index (κ1) is 19.4. The number of halogens is 1. The highest BCUT2D eigenvalue weighted by Gasteiger charge is 2.27. The molecule has 0 aliphatic heterocycles. The van der Waals surface area contributed by atoms with Gasteiger partial charge in [-0.15, -0.1) is 0 Å². The van der Waals surface area contributed by atoms with Gasteiger partial charge in [-0.2, -0.15) is 9.57 Å². The smallest absolute Gasteiger partial charge is 0.247 e. The van der Waals surface area contributed by atoms with Crippen molar-refractivity contribution in [3.63, 3.8) is 0 Å². The maximum absolute atomic E-state index is 13.5. The van der Waals surface area contributed by atoms with Gasteiger partial charge in [0.1, 0.15) is 16.5 Å². The number of carbonyl (C=O) groups excluding carboxylic acids is 1. The normalized spacial score (nSPS) is 11.0. The lowest BCUT2D eigenvalue weighted by molar-refractivity contribution is -0.116. The minimum Gasteiger partial charge on any atom is -0.495 e. The number of carbonyl (C=O) groups is 1. The number of nitrogens with zero attached hydrogens (tertiary/aromatic N) is 2. The molecular weight excluding hydrogens is 361 g/mol. The number of likely N-dealkylation sites (N-methyl/N-ethyl adjacent to an activating group) is 1. The van der Waals surface area contributed by atoms with E-state index in [4.69, 9.17) is 10.00 Å². The van der Waals surface area contributed by atoms with Gasteiger partial charge in [-0.25, -0.2) is 12.8 Å². The van der Waals surface area contributed by atoms with Crippen molar-refractivity contribution in [2.24, 2.45) is 0 Å². The number of rotatable bonds is 6. The number of benzene rings is 2. The molecule has 0 fully saturated rings. The van der Waals surface area contributed by atoms with Gasteiger partial charge in [-0.3, -0.25) is 4.79 Å². The van der Waals surface area contributed by atoms with Crippen LogP contribution in [0, 0.1) is 17.1 Å². The average molecular weight is 377 g/mol. The zero-order chi connectivity index (χ0) is 19.3. The molecule has 0 aromatic heterocycles. The SMILES string of the molecule is COc1ccc(F)cc1S(=O)(=O)N(C)CC(=O)Nc1cccc(C#N)c1. The van der Waals surface area contributed by atoms with Crippen molar-refractivity contribution in [3.05, 3.63) is 53.8 Å². The molecule has 9 heteroatoms. The minimum absolute atomic E-state index is 0.0274. The van der Waals surface area contributed by atoms with Gasteiger partial charge in [0.15, 0.2) is 0 Å². The number of sulfonamides is 1. The number of anilines is 1. The molecule has 2 aromatic rings. The summed E-state index contributed by atoms with van der Waals surface area (Å²) in [4.78, 5) is 11.7. The van der Waals surface area contributed by atoms with Crippen LogP contribution in [0.1, 0.15) is 5.56 Å².